The number of benzene rings is 4. The molecule has 0 aromatic heterocycles. The molecular weight excluding hydrogens is 550 g/mol. The van der Waals surface area contributed by atoms with Gasteiger partial charge >= 0.3 is 17.1 Å². The first kappa shape index (κ1) is 29.0. The molecule has 0 radical (unpaired) electrons. The van der Waals surface area contributed by atoms with Gasteiger partial charge in [0.2, 0.25) is 0 Å². The van der Waals surface area contributed by atoms with E-state index in [1.807, 2.05) is 0 Å². The van der Waals surface area contributed by atoms with Crippen LogP contribution in [0.15, 0.2) is 140 Å². The summed E-state index contributed by atoms with van der Waals surface area (Å²) in [5, 5.41) is 7.02. The fourth-order valence-corrected chi connectivity index (χ4v) is 9.84. The Balaban J connectivity index is 0.000000530. The first-order valence-electron chi connectivity index (χ1n) is 12.6. The molecule has 0 bridgehead atoms. The Morgan fingerprint density at radius 1 is 0.615 bits per heavy atom. The van der Waals surface area contributed by atoms with Gasteiger partial charge in [-0.2, -0.15) is 0 Å². The third-order valence-electron chi connectivity index (χ3n) is 6.25. The second-order valence-corrected chi connectivity index (χ2v) is 13.4. The van der Waals surface area contributed by atoms with Crippen molar-refractivity contribution < 1.29 is 17.1 Å². The molecule has 0 saturated carbocycles. The van der Waals surface area contributed by atoms with E-state index in [1.54, 1.807) is 6.07 Å². The average molecular weight is 577 g/mol. The van der Waals surface area contributed by atoms with Crippen molar-refractivity contribution in [3.63, 3.8) is 0 Å². The van der Waals surface area contributed by atoms with Crippen molar-refractivity contribution in [3.05, 3.63) is 175 Å². The number of hydrogen-bond acceptors (Lipinski definition) is 0. The molecule has 0 heterocycles. The van der Waals surface area contributed by atoms with Crippen LogP contribution < -0.4 is 26.5 Å². The summed E-state index contributed by atoms with van der Waals surface area (Å²) in [6.45, 7) is 2.39. The molecule has 0 aliphatic rings. The smallest absolute Gasteiger partial charge is 0.999 e. The standard InChI is InChI=1S/C31H26P2.C5H.Fe/c1-25(32(26-15-6-2-7-16-26)27-17-8-3-9-18-27)30-23-14-24-31(30)33(28-19-10-4-11-20-28)29-21-12-5-13-22-29;1-2-4-5-3-1;/h2-22,24-25H,1H3;1H;/q-2;-5;+2/t25-;;/m1../s1. The number of rotatable bonds is 7. The van der Waals surface area contributed by atoms with E-state index in [4.69, 9.17) is 0 Å². The van der Waals surface area contributed by atoms with Crippen molar-refractivity contribution in [1.82, 2.24) is 0 Å². The van der Waals surface area contributed by atoms with E-state index in [2.05, 4.69) is 171 Å². The summed E-state index contributed by atoms with van der Waals surface area (Å²) in [4.78, 5) is 0. The van der Waals surface area contributed by atoms with E-state index >= 15 is 0 Å². The van der Waals surface area contributed by atoms with Crippen LogP contribution in [0.4, 0.5) is 0 Å². The van der Waals surface area contributed by atoms with Crippen molar-refractivity contribution in [2.24, 2.45) is 0 Å². The molecule has 0 aliphatic heterocycles. The van der Waals surface area contributed by atoms with Crippen LogP contribution in [0.5, 0.6) is 0 Å². The molecule has 0 fully saturated rings. The fourth-order valence-electron chi connectivity index (χ4n) is 4.57. The largest absolute Gasteiger partial charge is 2.00 e. The summed E-state index contributed by atoms with van der Waals surface area (Å²) in [7, 11) is -1.21. The summed E-state index contributed by atoms with van der Waals surface area (Å²) in [5.74, 6) is 0. The third kappa shape index (κ3) is 7.33. The maximum absolute atomic E-state index is 3.68. The molecule has 6 aromatic rings. The fraction of sp³-hybridized carbons (Fsp3) is 0.0556. The van der Waals surface area contributed by atoms with Gasteiger partial charge in [-0.15, -0.1) is 7.92 Å². The summed E-state index contributed by atoms with van der Waals surface area (Å²) < 4.78 is 0. The maximum Gasteiger partial charge on any atom is 2.00 e. The molecular formula is C36H27FeP2-5. The van der Waals surface area contributed by atoms with E-state index in [1.165, 1.54) is 32.1 Å². The summed E-state index contributed by atoms with van der Waals surface area (Å²) in [6, 6.07) is 64.1. The minimum Gasteiger partial charge on any atom is -0.999 e. The maximum atomic E-state index is 3.68. The van der Waals surface area contributed by atoms with E-state index in [-0.39, 0.29) is 17.1 Å². The Labute approximate surface area is 246 Å². The Hall–Kier alpha value is -3.04. The molecule has 0 N–H and O–H groups in total. The van der Waals surface area contributed by atoms with Gasteiger partial charge in [0.15, 0.2) is 0 Å². The molecule has 0 nitrogen and oxygen atoms in total. The van der Waals surface area contributed by atoms with Gasteiger partial charge in [0.05, 0.1) is 0 Å². The van der Waals surface area contributed by atoms with Crippen LogP contribution in [0.25, 0.3) is 0 Å². The second kappa shape index (κ2) is 14.9. The number of hydrogen-bond donors (Lipinski definition) is 0. The van der Waals surface area contributed by atoms with Crippen LogP contribution in [0.2, 0.25) is 0 Å². The quantitative estimate of drug-likeness (QED) is 0.112. The topological polar surface area (TPSA) is 0 Å². The Morgan fingerprint density at radius 3 is 1.41 bits per heavy atom. The van der Waals surface area contributed by atoms with E-state index in [0.717, 1.165) is 0 Å². The van der Waals surface area contributed by atoms with Crippen molar-refractivity contribution in [3.8, 4) is 0 Å². The van der Waals surface area contributed by atoms with Crippen LogP contribution in [0, 0.1) is 30.3 Å². The second-order valence-electron chi connectivity index (χ2n) is 8.68. The van der Waals surface area contributed by atoms with Gasteiger partial charge in [-0.1, -0.05) is 128 Å². The summed E-state index contributed by atoms with van der Waals surface area (Å²) >= 11 is 0. The average Bonchev–Trinajstić information content (AvgIpc) is 3.72. The predicted octanol–water partition coefficient (Wildman–Crippen LogP) is 6.76. The van der Waals surface area contributed by atoms with Gasteiger partial charge in [0.25, 0.3) is 0 Å². The molecule has 39 heavy (non-hydrogen) atoms. The minimum absolute atomic E-state index is 0. The van der Waals surface area contributed by atoms with Crippen LogP contribution in [0.3, 0.4) is 0 Å². The third-order valence-corrected chi connectivity index (χ3v) is 11.5. The molecule has 1 atom stereocenters. The van der Waals surface area contributed by atoms with Crippen LogP contribution in [-0.2, 0) is 17.1 Å². The molecule has 0 amide bonds. The molecule has 0 aliphatic carbocycles. The first-order valence-corrected chi connectivity index (χ1v) is 15.4. The molecule has 0 spiro atoms. The zero-order valence-electron chi connectivity index (χ0n) is 21.6. The normalized spacial score (nSPS) is 11.4. The van der Waals surface area contributed by atoms with E-state index < -0.39 is 15.8 Å². The van der Waals surface area contributed by atoms with Gasteiger partial charge in [-0.25, -0.2) is 0 Å². The zero-order valence-corrected chi connectivity index (χ0v) is 24.5. The predicted molar refractivity (Wildman–Crippen MR) is 164 cm³/mol. The Kier molecular flexibility index (Phi) is 11.1. The van der Waals surface area contributed by atoms with Crippen LogP contribution >= 0.6 is 15.8 Å². The van der Waals surface area contributed by atoms with Gasteiger partial charge in [-0.3, -0.25) is 5.56 Å². The van der Waals surface area contributed by atoms with Crippen molar-refractivity contribution in [1.29, 1.82) is 0 Å². The summed E-state index contributed by atoms with van der Waals surface area (Å²) in [6.07, 6.45) is 0. The van der Waals surface area contributed by atoms with Gasteiger partial charge in [0.1, 0.15) is 0 Å². The molecule has 6 rings (SSSR count). The van der Waals surface area contributed by atoms with E-state index in [9.17, 15) is 0 Å². The van der Waals surface area contributed by atoms with Gasteiger partial charge in [-0.05, 0) is 34.8 Å². The van der Waals surface area contributed by atoms with Crippen LogP contribution in [-0.4, -0.2) is 0 Å². The Bertz CT molecular complexity index is 1360. The monoisotopic (exact) mass is 577 g/mol. The molecule has 6 aromatic carbocycles. The molecule has 0 saturated heterocycles. The van der Waals surface area contributed by atoms with Crippen LogP contribution in [0.1, 0.15) is 18.1 Å². The van der Waals surface area contributed by atoms with Gasteiger partial charge in [0, 0.05) is 0 Å². The minimum atomic E-state index is -0.646. The van der Waals surface area contributed by atoms with Crippen molar-refractivity contribution in [2.75, 3.05) is 0 Å². The summed E-state index contributed by atoms with van der Waals surface area (Å²) in [5.41, 5.74) is 1.71. The van der Waals surface area contributed by atoms with Crippen molar-refractivity contribution in [2.45, 2.75) is 12.6 Å². The van der Waals surface area contributed by atoms with Gasteiger partial charge < -0.3 is 53.8 Å². The molecule has 3 heteroatoms. The molecule has 0 unspecified atom stereocenters. The SMILES string of the molecule is C[C@H](c1[c-]cc[c-]1P(c1ccccc1)c1ccccc1)P(c1ccccc1)c1ccccc1.[Fe+2].[c-]1[c-][c-][cH-][c-]1. The van der Waals surface area contributed by atoms with Crippen molar-refractivity contribution >= 4 is 42.4 Å². The van der Waals surface area contributed by atoms with E-state index in [0.29, 0.717) is 5.66 Å². The Morgan fingerprint density at radius 2 is 1.03 bits per heavy atom. The molecule has 194 valence electrons. The first-order chi connectivity index (χ1) is 18.8. The zero-order chi connectivity index (χ0) is 26.0.